The van der Waals surface area contributed by atoms with Crippen LogP contribution >= 0.6 is 0 Å². The van der Waals surface area contributed by atoms with E-state index in [0.717, 1.165) is 6.07 Å². The Labute approximate surface area is 124 Å². The minimum Gasteiger partial charge on any atom is -0.321 e. The summed E-state index contributed by atoms with van der Waals surface area (Å²) in [7, 11) is 0. The van der Waals surface area contributed by atoms with Gasteiger partial charge in [0.25, 0.3) is 0 Å². The minimum absolute atomic E-state index is 0.0209. The van der Waals surface area contributed by atoms with Crippen molar-refractivity contribution in [2.45, 2.75) is 39.9 Å². The number of hydrogen-bond donors (Lipinski definition) is 1. The average molecular weight is 296 g/mol. The third kappa shape index (κ3) is 3.23. The molecule has 1 aromatic rings. The number of carbonyl (C=O) groups is 1. The fourth-order valence-electron chi connectivity index (χ4n) is 2.68. The van der Waals surface area contributed by atoms with Crippen LogP contribution in [0.25, 0.3) is 0 Å². The Morgan fingerprint density at radius 2 is 1.90 bits per heavy atom. The monoisotopic (exact) mass is 296 g/mol. The molecule has 1 saturated heterocycles. The zero-order valence-corrected chi connectivity index (χ0v) is 12.9. The molecule has 21 heavy (non-hydrogen) atoms. The van der Waals surface area contributed by atoms with Crippen LogP contribution in [0.15, 0.2) is 18.2 Å². The van der Waals surface area contributed by atoms with Crippen LogP contribution in [0.1, 0.15) is 39.4 Å². The van der Waals surface area contributed by atoms with E-state index < -0.39 is 17.8 Å². The molecule has 1 aromatic carbocycles. The van der Waals surface area contributed by atoms with E-state index in [2.05, 4.69) is 5.32 Å². The largest absolute Gasteiger partial charge is 0.321 e. The zero-order valence-electron chi connectivity index (χ0n) is 12.9. The average Bonchev–Trinajstić information content (AvgIpc) is 2.67. The second-order valence-electron chi connectivity index (χ2n) is 6.34. The van der Waals surface area contributed by atoms with Crippen molar-refractivity contribution in [2.24, 2.45) is 11.8 Å². The molecular weight excluding hydrogens is 274 g/mol. The van der Waals surface area contributed by atoms with Crippen LogP contribution in [0.4, 0.5) is 8.78 Å². The summed E-state index contributed by atoms with van der Waals surface area (Å²) in [5, 5.41) is 3.19. The molecule has 0 radical (unpaired) electrons. The Hall–Kier alpha value is -1.49. The van der Waals surface area contributed by atoms with Crippen molar-refractivity contribution in [1.82, 2.24) is 10.2 Å². The number of halogens is 2. The smallest absolute Gasteiger partial charge is 0.241 e. The molecule has 5 heteroatoms. The van der Waals surface area contributed by atoms with Gasteiger partial charge in [0.05, 0.1) is 6.04 Å². The molecule has 1 aliphatic heterocycles. The maximum atomic E-state index is 14.1. The molecule has 1 heterocycles. The van der Waals surface area contributed by atoms with Crippen molar-refractivity contribution in [3.8, 4) is 0 Å². The van der Waals surface area contributed by atoms with Gasteiger partial charge in [0.2, 0.25) is 5.91 Å². The van der Waals surface area contributed by atoms with E-state index in [0.29, 0.717) is 12.1 Å². The van der Waals surface area contributed by atoms with E-state index in [-0.39, 0.29) is 23.8 Å². The lowest BCUT2D eigenvalue weighted by molar-refractivity contribution is -0.131. The molecule has 0 spiro atoms. The SMILES string of the molecule is CC(C)CN1C(=O)C(C(C)C)NC1c1ccc(F)cc1F. The Kier molecular flexibility index (Phi) is 4.61. The number of nitrogens with one attached hydrogen (secondary N) is 1. The fraction of sp³-hybridized carbons (Fsp3) is 0.562. The van der Waals surface area contributed by atoms with Gasteiger partial charge in [-0.25, -0.2) is 8.78 Å². The summed E-state index contributed by atoms with van der Waals surface area (Å²) in [6.45, 7) is 8.46. The van der Waals surface area contributed by atoms with Crippen LogP contribution in [-0.4, -0.2) is 23.4 Å². The van der Waals surface area contributed by atoms with E-state index in [1.54, 1.807) is 4.90 Å². The maximum absolute atomic E-state index is 14.1. The quantitative estimate of drug-likeness (QED) is 0.926. The van der Waals surface area contributed by atoms with Gasteiger partial charge in [-0.15, -0.1) is 0 Å². The second kappa shape index (κ2) is 6.10. The molecule has 0 saturated carbocycles. The molecule has 2 atom stereocenters. The van der Waals surface area contributed by atoms with Gasteiger partial charge in [0.15, 0.2) is 0 Å². The molecule has 3 nitrogen and oxygen atoms in total. The van der Waals surface area contributed by atoms with Crippen molar-refractivity contribution >= 4 is 5.91 Å². The Morgan fingerprint density at radius 3 is 2.43 bits per heavy atom. The molecule has 1 fully saturated rings. The van der Waals surface area contributed by atoms with Gasteiger partial charge in [-0.3, -0.25) is 10.1 Å². The normalized spacial score (nSPS) is 22.7. The van der Waals surface area contributed by atoms with Crippen LogP contribution in [0.3, 0.4) is 0 Å². The molecular formula is C16H22F2N2O. The fourth-order valence-corrected chi connectivity index (χ4v) is 2.68. The van der Waals surface area contributed by atoms with Gasteiger partial charge in [0, 0.05) is 18.2 Å². The first-order valence-electron chi connectivity index (χ1n) is 7.32. The lowest BCUT2D eigenvalue weighted by Gasteiger charge is -2.26. The van der Waals surface area contributed by atoms with Crippen LogP contribution < -0.4 is 5.32 Å². The number of carbonyl (C=O) groups excluding carboxylic acids is 1. The predicted octanol–water partition coefficient (Wildman–Crippen LogP) is 3.08. The molecule has 0 aromatic heterocycles. The van der Waals surface area contributed by atoms with Crippen LogP contribution in [-0.2, 0) is 4.79 Å². The summed E-state index contributed by atoms with van der Waals surface area (Å²) in [6, 6.07) is 3.16. The van der Waals surface area contributed by atoms with E-state index in [1.807, 2.05) is 27.7 Å². The topological polar surface area (TPSA) is 32.3 Å². The lowest BCUT2D eigenvalue weighted by atomic mass is 10.0. The summed E-state index contributed by atoms with van der Waals surface area (Å²) < 4.78 is 27.1. The Bertz CT molecular complexity index is 531. The number of amides is 1. The number of hydrogen-bond acceptors (Lipinski definition) is 2. The maximum Gasteiger partial charge on any atom is 0.241 e. The molecule has 1 N–H and O–H groups in total. The van der Waals surface area contributed by atoms with Crippen molar-refractivity contribution in [2.75, 3.05) is 6.54 Å². The molecule has 116 valence electrons. The van der Waals surface area contributed by atoms with E-state index in [9.17, 15) is 13.6 Å². The number of benzene rings is 1. The summed E-state index contributed by atoms with van der Waals surface area (Å²) in [4.78, 5) is 14.2. The first-order valence-corrected chi connectivity index (χ1v) is 7.32. The first kappa shape index (κ1) is 15.9. The van der Waals surface area contributed by atoms with Crippen molar-refractivity contribution in [3.63, 3.8) is 0 Å². The van der Waals surface area contributed by atoms with Gasteiger partial charge in [-0.1, -0.05) is 27.7 Å². The summed E-state index contributed by atoms with van der Waals surface area (Å²) in [6.07, 6.45) is -0.534. The standard InChI is InChI=1S/C16H22F2N2O/c1-9(2)8-20-15(19-14(10(3)4)16(20)21)12-6-5-11(17)7-13(12)18/h5-7,9-10,14-15,19H,8H2,1-4H3. The lowest BCUT2D eigenvalue weighted by Crippen LogP contribution is -2.36. The van der Waals surface area contributed by atoms with Gasteiger partial charge >= 0.3 is 0 Å². The number of nitrogens with zero attached hydrogens (tertiary/aromatic N) is 1. The van der Waals surface area contributed by atoms with Crippen LogP contribution in [0.5, 0.6) is 0 Å². The van der Waals surface area contributed by atoms with Crippen molar-refractivity contribution in [3.05, 3.63) is 35.4 Å². The highest BCUT2D eigenvalue weighted by Crippen LogP contribution is 2.30. The van der Waals surface area contributed by atoms with Gasteiger partial charge in [0.1, 0.15) is 17.8 Å². The summed E-state index contributed by atoms with van der Waals surface area (Å²) >= 11 is 0. The van der Waals surface area contributed by atoms with Gasteiger partial charge in [-0.05, 0) is 24.0 Å². The van der Waals surface area contributed by atoms with Gasteiger partial charge < -0.3 is 4.90 Å². The van der Waals surface area contributed by atoms with Crippen molar-refractivity contribution in [1.29, 1.82) is 0 Å². The van der Waals surface area contributed by atoms with E-state index >= 15 is 0 Å². The molecule has 2 rings (SSSR count). The third-order valence-corrected chi connectivity index (χ3v) is 3.68. The Balaban J connectivity index is 2.36. The van der Waals surface area contributed by atoms with E-state index in [4.69, 9.17) is 0 Å². The summed E-state index contributed by atoms with van der Waals surface area (Å²) in [5.41, 5.74) is 0.313. The molecule has 0 aliphatic carbocycles. The summed E-state index contributed by atoms with van der Waals surface area (Å²) in [5.74, 6) is -0.879. The minimum atomic E-state index is -0.626. The van der Waals surface area contributed by atoms with Crippen LogP contribution in [0, 0.1) is 23.5 Å². The predicted molar refractivity (Wildman–Crippen MR) is 77.4 cm³/mol. The molecule has 2 unspecified atom stereocenters. The van der Waals surface area contributed by atoms with Crippen LogP contribution in [0.2, 0.25) is 0 Å². The number of rotatable bonds is 4. The second-order valence-corrected chi connectivity index (χ2v) is 6.34. The highest BCUT2D eigenvalue weighted by Gasteiger charge is 2.41. The first-order chi connectivity index (χ1) is 9.81. The highest BCUT2D eigenvalue weighted by atomic mass is 19.1. The Morgan fingerprint density at radius 1 is 1.24 bits per heavy atom. The van der Waals surface area contributed by atoms with E-state index in [1.165, 1.54) is 12.1 Å². The molecule has 1 amide bonds. The zero-order chi connectivity index (χ0) is 15.7. The third-order valence-electron chi connectivity index (χ3n) is 3.68. The molecule has 0 bridgehead atoms. The van der Waals surface area contributed by atoms with Gasteiger partial charge in [-0.2, -0.15) is 0 Å². The molecule has 1 aliphatic rings. The van der Waals surface area contributed by atoms with Crippen molar-refractivity contribution < 1.29 is 13.6 Å². The highest BCUT2D eigenvalue weighted by molar-refractivity contribution is 5.84.